The Morgan fingerprint density at radius 1 is 0.900 bits per heavy atom. The standard InChI is InChI=1S/C21H20N3O5P/c22-19(23)15-11-13-16(14-12-15)20(24-21(25)26)30(27,28-17-7-3-1-4-8-17)29-18-9-5-2-6-10-18/h1-14,20,24H,(H3,22,23)(H,25,26)/t20-/m0/s1. The van der Waals surface area contributed by atoms with E-state index in [9.17, 15) is 14.5 Å². The van der Waals surface area contributed by atoms with Crippen LogP contribution in [-0.2, 0) is 4.57 Å². The van der Waals surface area contributed by atoms with E-state index in [0.29, 0.717) is 11.1 Å². The van der Waals surface area contributed by atoms with Crippen molar-refractivity contribution in [1.82, 2.24) is 5.32 Å². The summed E-state index contributed by atoms with van der Waals surface area (Å²) in [6, 6.07) is 22.8. The Labute approximate surface area is 173 Å². The van der Waals surface area contributed by atoms with Crippen LogP contribution in [0.5, 0.6) is 11.5 Å². The molecule has 0 fully saturated rings. The monoisotopic (exact) mass is 425 g/mol. The fourth-order valence-corrected chi connectivity index (χ4v) is 4.57. The van der Waals surface area contributed by atoms with E-state index < -0.39 is 19.5 Å². The van der Waals surface area contributed by atoms with Gasteiger partial charge < -0.3 is 25.2 Å². The summed E-state index contributed by atoms with van der Waals surface area (Å²) in [5.74, 6) is -0.964. The molecule has 0 aromatic heterocycles. The van der Waals surface area contributed by atoms with Gasteiger partial charge in [0.25, 0.3) is 0 Å². The molecule has 3 aromatic carbocycles. The predicted molar refractivity (Wildman–Crippen MR) is 113 cm³/mol. The van der Waals surface area contributed by atoms with Gasteiger partial charge in [0, 0.05) is 5.56 Å². The number of nitrogens with one attached hydrogen (secondary N) is 2. The molecule has 0 aliphatic rings. The Morgan fingerprint density at radius 3 is 1.77 bits per heavy atom. The first kappa shape index (κ1) is 21.0. The van der Waals surface area contributed by atoms with Gasteiger partial charge in [-0.25, -0.2) is 9.36 Å². The number of nitrogen functional groups attached to an aromatic ring is 1. The number of benzene rings is 3. The molecule has 30 heavy (non-hydrogen) atoms. The Kier molecular flexibility index (Phi) is 6.39. The Bertz CT molecular complexity index is 1010. The Morgan fingerprint density at radius 2 is 1.37 bits per heavy atom. The molecule has 0 saturated heterocycles. The molecule has 0 radical (unpaired) electrons. The van der Waals surface area contributed by atoms with Gasteiger partial charge in [-0.2, -0.15) is 0 Å². The number of carboxylic acid groups (broad SMARTS) is 1. The average molecular weight is 425 g/mol. The van der Waals surface area contributed by atoms with Crippen molar-refractivity contribution in [3.8, 4) is 11.5 Å². The molecule has 0 aliphatic carbocycles. The molecule has 0 aliphatic heterocycles. The number of hydrogen-bond donors (Lipinski definition) is 4. The first-order valence-corrected chi connectivity index (χ1v) is 10.5. The topological polar surface area (TPSA) is 135 Å². The Balaban J connectivity index is 2.06. The van der Waals surface area contributed by atoms with E-state index in [-0.39, 0.29) is 17.3 Å². The second-order valence-electron chi connectivity index (χ2n) is 6.24. The van der Waals surface area contributed by atoms with Crippen molar-refractivity contribution in [2.45, 2.75) is 5.78 Å². The first-order valence-electron chi connectivity index (χ1n) is 8.90. The van der Waals surface area contributed by atoms with Gasteiger partial charge in [0.1, 0.15) is 17.3 Å². The molecule has 3 rings (SSSR count). The molecular weight excluding hydrogens is 405 g/mol. The lowest BCUT2D eigenvalue weighted by Crippen LogP contribution is -2.29. The number of nitrogens with two attached hydrogens (primary N) is 1. The maximum Gasteiger partial charge on any atom is 0.457 e. The predicted octanol–water partition coefficient (Wildman–Crippen LogP) is 4.59. The third kappa shape index (κ3) is 5.18. The highest BCUT2D eigenvalue weighted by Gasteiger charge is 2.42. The summed E-state index contributed by atoms with van der Waals surface area (Å²) in [7, 11) is -4.16. The maximum atomic E-state index is 14.0. The second-order valence-corrected chi connectivity index (χ2v) is 8.20. The summed E-state index contributed by atoms with van der Waals surface area (Å²) in [5.41, 5.74) is 6.25. The van der Waals surface area contributed by atoms with Gasteiger partial charge >= 0.3 is 13.7 Å². The lowest BCUT2D eigenvalue weighted by molar-refractivity contribution is 0.191. The number of carbonyl (C=O) groups is 1. The van der Waals surface area contributed by atoms with Crippen LogP contribution in [0.3, 0.4) is 0 Å². The zero-order valence-corrected chi connectivity index (χ0v) is 16.7. The molecule has 3 aromatic rings. The van der Waals surface area contributed by atoms with Crippen molar-refractivity contribution in [2.75, 3.05) is 0 Å². The van der Waals surface area contributed by atoms with Gasteiger partial charge in [-0.1, -0.05) is 60.7 Å². The molecule has 9 heteroatoms. The van der Waals surface area contributed by atoms with Crippen molar-refractivity contribution < 1.29 is 23.5 Å². The molecule has 0 saturated carbocycles. The van der Waals surface area contributed by atoms with Gasteiger partial charge in [-0.05, 0) is 29.8 Å². The SMILES string of the molecule is N=C(N)c1ccc([C@@H](NC(=O)O)P(=O)(Oc2ccccc2)Oc2ccccc2)cc1. The summed E-state index contributed by atoms with van der Waals surface area (Å²) in [4.78, 5) is 11.5. The summed E-state index contributed by atoms with van der Waals surface area (Å²) >= 11 is 0. The van der Waals surface area contributed by atoms with Crippen molar-refractivity contribution in [1.29, 1.82) is 5.41 Å². The lowest BCUT2D eigenvalue weighted by Gasteiger charge is -2.27. The van der Waals surface area contributed by atoms with E-state index in [1.807, 2.05) is 0 Å². The molecule has 0 unspecified atom stereocenters. The van der Waals surface area contributed by atoms with E-state index in [2.05, 4.69) is 5.32 Å². The average Bonchev–Trinajstić information content (AvgIpc) is 2.73. The zero-order valence-electron chi connectivity index (χ0n) is 15.8. The van der Waals surface area contributed by atoms with Crippen LogP contribution in [0.25, 0.3) is 0 Å². The van der Waals surface area contributed by atoms with Crippen LogP contribution >= 0.6 is 7.60 Å². The molecule has 1 amide bonds. The van der Waals surface area contributed by atoms with E-state index in [1.54, 1.807) is 60.7 Å². The first-order chi connectivity index (χ1) is 14.4. The largest absolute Gasteiger partial charge is 0.465 e. The molecular formula is C21H20N3O5P. The van der Waals surface area contributed by atoms with Crippen LogP contribution in [0.15, 0.2) is 84.9 Å². The lowest BCUT2D eigenvalue weighted by atomic mass is 10.1. The van der Waals surface area contributed by atoms with Crippen LogP contribution in [0, 0.1) is 5.41 Å². The van der Waals surface area contributed by atoms with E-state index >= 15 is 0 Å². The van der Waals surface area contributed by atoms with Crippen LogP contribution < -0.4 is 20.1 Å². The van der Waals surface area contributed by atoms with Gasteiger partial charge in [-0.3, -0.25) is 5.41 Å². The number of para-hydroxylation sites is 2. The molecule has 8 nitrogen and oxygen atoms in total. The normalized spacial score (nSPS) is 11.9. The highest BCUT2D eigenvalue weighted by Crippen LogP contribution is 2.58. The number of amidine groups is 1. The molecule has 0 spiro atoms. The summed E-state index contributed by atoms with van der Waals surface area (Å²) in [6.07, 6.45) is -1.40. The van der Waals surface area contributed by atoms with E-state index in [4.69, 9.17) is 20.2 Å². The third-order valence-electron chi connectivity index (χ3n) is 4.07. The number of hydrogen-bond acceptors (Lipinski definition) is 5. The van der Waals surface area contributed by atoms with Crippen LogP contribution in [-0.4, -0.2) is 17.0 Å². The van der Waals surface area contributed by atoms with Crippen LogP contribution in [0.2, 0.25) is 0 Å². The van der Waals surface area contributed by atoms with Crippen molar-refractivity contribution in [3.63, 3.8) is 0 Å². The third-order valence-corrected chi connectivity index (χ3v) is 6.06. The molecule has 0 bridgehead atoms. The highest BCUT2D eigenvalue weighted by molar-refractivity contribution is 7.55. The van der Waals surface area contributed by atoms with E-state index in [0.717, 1.165) is 0 Å². The van der Waals surface area contributed by atoms with Crippen molar-refractivity contribution in [2.24, 2.45) is 5.73 Å². The minimum atomic E-state index is -4.16. The molecule has 1 atom stereocenters. The summed E-state index contributed by atoms with van der Waals surface area (Å²) in [6.45, 7) is 0. The van der Waals surface area contributed by atoms with Crippen molar-refractivity contribution in [3.05, 3.63) is 96.1 Å². The quantitative estimate of drug-likeness (QED) is 0.237. The maximum absolute atomic E-state index is 14.0. The number of amides is 1. The van der Waals surface area contributed by atoms with Gasteiger partial charge in [0.15, 0.2) is 5.78 Å². The smallest absolute Gasteiger partial charge is 0.457 e. The van der Waals surface area contributed by atoms with E-state index in [1.165, 1.54) is 24.3 Å². The fraction of sp³-hybridized carbons (Fsp3) is 0.0476. The van der Waals surface area contributed by atoms with Gasteiger partial charge in [-0.15, -0.1) is 0 Å². The molecule has 0 heterocycles. The zero-order chi connectivity index (χ0) is 21.6. The van der Waals surface area contributed by atoms with Crippen LogP contribution in [0.1, 0.15) is 16.9 Å². The fourth-order valence-electron chi connectivity index (χ4n) is 2.69. The highest BCUT2D eigenvalue weighted by atomic mass is 31.2. The second kappa shape index (κ2) is 9.15. The van der Waals surface area contributed by atoms with Gasteiger partial charge in [0.2, 0.25) is 0 Å². The molecule has 5 N–H and O–H groups in total. The van der Waals surface area contributed by atoms with Gasteiger partial charge in [0.05, 0.1) is 0 Å². The molecule has 154 valence electrons. The number of rotatable bonds is 8. The summed E-state index contributed by atoms with van der Waals surface area (Å²) in [5, 5.41) is 19.1. The van der Waals surface area contributed by atoms with Crippen LogP contribution in [0.4, 0.5) is 4.79 Å². The van der Waals surface area contributed by atoms with Crippen molar-refractivity contribution >= 4 is 19.5 Å². The summed E-state index contributed by atoms with van der Waals surface area (Å²) < 4.78 is 25.5. The minimum absolute atomic E-state index is 0.145. The Hall–Kier alpha value is -3.77. The minimum Gasteiger partial charge on any atom is -0.465 e.